The number of hydrogen-bond acceptors (Lipinski definition) is 3. The number of carbonyl (C=O) groups is 2. The molecular weight excluding hydrogens is 352 g/mol. The van der Waals surface area contributed by atoms with Crippen LogP contribution >= 0.6 is 0 Å². The van der Waals surface area contributed by atoms with Crippen LogP contribution in [0.4, 0.5) is 16.2 Å². The summed E-state index contributed by atoms with van der Waals surface area (Å²) in [5.41, 5.74) is 3.05. The van der Waals surface area contributed by atoms with Crippen LogP contribution in [0.3, 0.4) is 0 Å². The lowest BCUT2D eigenvalue weighted by Gasteiger charge is -2.24. The number of amides is 2. The topological polar surface area (TPSA) is 49.9 Å². The lowest BCUT2D eigenvalue weighted by Crippen LogP contribution is -2.31. The smallest absolute Gasteiger partial charge is 0.414 e. The summed E-state index contributed by atoms with van der Waals surface area (Å²) in [6.45, 7) is 1.31. The molecule has 2 amide bonds. The maximum Gasteiger partial charge on any atom is 0.414 e. The van der Waals surface area contributed by atoms with Gasteiger partial charge in [-0.05, 0) is 35.9 Å². The van der Waals surface area contributed by atoms with Crippen LogP contribution in [0.2, 0.25) is 0 Å². The highest BCUT2D eigenvalue weighted by Crippen LogP contribution is 2.24. The Balaban J connectivity index is 1.66. The van der Waals surface area contributed by atoms with E-state index in [1.54, 1.807) is 28.0 Å². The molecule has 0 radical (unpaired) electrons. The fourth-order valence-electron chi connectivity index (χ4n) is 3.24. The molecule has 1 fully saturated rings. The first kappa shape index (κ1) is 17.8. The Morgan fingerprint density at radius 2 is 1.64 bits per heavy atom. The van der Waals surface area contributed by atoms with E-state index in [2.05, 4.69) is 0 Å². The van der Waals surface area contributed by atoms with Gasteiger partial charge < -0.3 is 9.64 Å². The van der Waals surface area contributed by atoms with Crippen molar-refractivity contribution in [3.8, 4) is 0 Å². The van der Waals surface area contributed by atoms with Crippen molar-refractivity contribution in [1.82, 2.24) is 0 Å². The standard InChI is InChI=1S/C23H20N2O3/c26-22(19-10-7-13-21(16-19)24-14-15-28-23(24)27)25(20-11-5-2-6-12-20)17-18-8-3-1-4-9-18/h1-13,16H,14-15,17H2. The minimum Gasteiger partial charge on any atom is -0.447 e. The van der Waals surface area contributed by atoms with Crippen LogP contribution < -0.4 is 9.80 Å². The zero-order chi connectivity index (χ0) is 19.3. The Morgan fingerprint density at radius 1 is 0.929 bits per heavy atom. The first-order valence-corrected chi connectivity index (χ1v) is 9.17. The molecule has 0 spiro atoms. The van der Waals surface area contributed by atoms with Gasteiger partial charge in [0.25, 0.3) is 5.91 Å². The lowest BCUT2D eigenvalue weighted by atomic mass is 10.1. The third-order valence-corrected chi connectivity index (χ3v) is 4.66. The summed E-state index contributed by atoms with van der Waals surface area (Å²) in [6.07, 6.45) is -0.381. The Labute approximate surface area is 163 Å². The average Bonchev–Trinajstić information content (AvgIpc) is 3.19. The highest BCUT2D eigenvalue weighted by molar-refractivity contribution is 6.07. The Bertz CT molecular complexity index is 973. The SMILES string of the molecule is O=C1OCCN1c1cccc(C(=O)N(Cc2ccccc2)c2ccccc2)c1. The van der Waals surface area contributed by atoms with E-state index in [1.165, 1.54) is 0 Å². The molecule has 0 unspecified atom stereocenters. The van der Waals surface area contributed by atoms with Gasteiger partial charge in [0.2, 0.25) is 0 Å². The van der Waals surface area contributed by atoms with Crippen molar-refractivity contribution >= 4 is 23.4 Å². The minimum absolute atomic E-state index is 0.121. The second kappa shape index (κ2) is 7.96. The van der Waals surface area contributed by atoms with Gasteiger partial charge in [-0.2, -0.15) is 0 Å². The zero-order valence-electron chi connectivity index (χ0n) is 15.3. The molecule has 0 saturated carbocycles. The van der Waals surface area contributed by atoms with Crippen molar-refractivity contribution < 1.29 is 14.3 Å². The zero-order valence-corrected chi connectivity index (χ0v) is 15.3. The summed E-state index contributed by atoms with van der Waals surface area (Å²) in [6, 6.07) is 26.6. The third kappa shape index (κ3) is 3.74. The van der Waals surface area contributed by atoms with Crippen molar-refractivity contribution in [2.75, 3.05) is 23.0 Å². The molecule has 3 aromatic carbocycles. The highest BCUT2D eigenvalue weighted by atomic mass is 16.6. The van der Waals surface area contributed by atoms with E-state index >= 15 is 0 Å². The number of anilines is 2. The van der Waals surface area contributed by atoms with Gasteiger partial charge in [0.1, 0.15) is 6.61 Å². The molecule has 0 N–H and O–H groups in total. The first-order valence-electron chi connectivity index (χ1n) is 9.17. The first-order chi connectivity index (χ1) is 13.7. The summed E-state index contributed by atoms with van der Waals surface area (Å²) in [4.78, 5) is 28.5. The summed E-state index contributed by atoms with van der Waals surface area (Å²) in [5, 5.41) is 0. The molecule has 0 bridgehead atoms. The Morgan fingerprint density at radius 3 is 2.32 bits per heavy atom. The van der Waals surface area contributed by atoms with E-state index in [-0.39, 0.29) is 12.0 Å². The molecule has 140 valence electrons. The molecule has 3 aromatic rings. The molecule has 1 heterocycles. The van der Waals surface area contributed by atoms with Gasteiger partial charge in [-0.1, -0.05) is 54.6 Å². The largest absolute Gasteiger partial charge is 0.447 e. The number of ether oxygens (including phenoxy) is 1. The van der Waals surface area contributed by atoms with Crippen LogP contribution in [0, 0.1) is 0 Å². The fourth-order valence-corrected chi connectivity index (χ4v) is 3.24. The molecule has 5 nitrogen and oxygen atoms in total. The second-order valence-electron chi connectivity index (χ2n) is 6.53. The van der Waals surface area contributed by atoms with E-state index in [1.807, 2.05) is 66.7 Å². The molecule has 0 atom stereocenters. The minimum atomic E-state index is -0.381. The van der Waals surface area contributed by atoms with Gasteiger partial charge in [0.05, 0.1) is 13.1 Å². The van der Waals surface area contributed by atoms with Gasteiger partial charge >= 0.3 is 6.09 Å². The number of para-hydroxylation sites is 1. The molecule has 0 aliphatic carbocycles. The van der Waals surface area contributed by atoms with Crippen molar-refractivity contribution in [2.45, 2.75) is 6.54 Å². The van der Waals surface area contributed by atoms with Gasteiger partial charge in [0, 0.05) is 16.9 Å². The van der Waals surface area contributed by atoms with Crippen LogP contribution in [0.25, 0.3) is 0 Å². The average molecular weight is 372 g/mol. The predicted octanol–water partition coefficient (Wildman–Crippen LogP) is 4.49. The maximum absolute atomic E-state index is 13.4. The van der Waals surface area contributed by atoms with Crippen LogP contribution in [0.1, 0.15) is 15.9 Å². The number of rotatable bonds is 5. The Hall–Kier alpha value is -3.60. The fraction of sp³-hybridized carbons (Fsp3) is 0.130. The van der Waals surface area contributed by atoms with Crippen LogP contribution in [0.5, 0.6) is 0 Å². The normalized spacial score (nSPS) is 13.3. The number of hydrogen-bond donors (Lipinski definition) is 0. The predicted molar refractivity (Wildman–Crippen MR) is 109 cm³/mol. The summed E-state index contributed by atoms with van der Waals surface area (Å²) >= 11 is 0. The van der Waals surface area contributed by atoms with Gasteiger partial charge in [-0.3, -0.25) is 9.69 Å². The molecule has 1 aliphatic rings. The second-order valence-corrected chi connectivity index (χ2v) is 6.53. The molecule has 4 rings (SSSR count). The van der Waals surface area contributed by atoms with Crippen molar-refractivity contribution in [3.05, 3.63) is 96.1 Å². The summed E-state index contributed by atoms with van der Waals surface area (Å²) in [5.74, 6) is -0.121. The van der Waals surface area contributed by atoms with E-state index in [9.17, 15) is 9.59 Å². The van der Waals surface area contributed by atoms with E-state index in [0.717, 1.165) is 11.3 Å². The monoisotopic (exact) mass is 372 g/mol. The van der Waals surface area contributed by atoms with Gasteiger partial charge in [-0.15, -0.1) is 0 Å². The number of carbonyl (C=O) groups excluding carboxylic acids is 2. The third-order valence-electron chi connectivity index (χ3n) is 4.66. The van der Waals surface area contributed by atoms with E-state index in [4.69, 9.17) is 4.74 Å². The molecule has 28 heavy (non-hydrogen) atoms. The quantitative estimate of drug-likeness (QED) is 0.663. The summed E-state index contributed by atoms with van der Waals surface area (Å²) < 4.78 is 5.01. The van der Waals surface area contributed by atoms with Crippen molar-refractivity contribution in [2.24, 2.45) is 0 Å². The maximum atomic E-state index is 13.4. The van der Waals surface area contributed by atoms with Crippen molar-refractivity contribution in [3.63, 3.8) is 0 Å². The van der Waals surface area contributed by atoms with Gasteiger partial charge in [0.15, 0.2) is 0 Å². The van der Waals surface area contributed by atoms with Gasteiger partial charge in [-0.25, -0.2) is 4.79 Å². The number of nitrogens with zero attached hydrogens (tertiary/aromatic N) is 2. The lowest BCUT2D eigenvalue weighted by molar-refractivity contribution is 0.0985. The molecule has 5 heteroatoms. The molecular formula is C23H20N2O3. The van der Waals surface area contributed by atoms with Crippen molar-refractivity contribution in [1.29, 1.82) is 0 Å². The van der Waals surface area contributed by atoms with Crippen LogP contribution in [0.15, 0.2) is 84.9 Å². The van der Waals surface area contributed by atoms with E-state index < -0.39 is 0 Å². The summed E-state index contributed by atoms with van der Waals surface area (Å²) in [7, 11) is 0. The van der Waals surface area contributed by atoms with Crippen LogP contribution in [-0.2, 0) is 11.3 Å². The molecule has 0 aromatic heterocycles. The Kier molecular flexibility index (Phi) is 5.06. The highest BCUT2D eigenvalue weighted by Gasteiger charge is 2.25. The molecule has 1 aliphatic heterocycles. The van der Waals surface area contributed by atoms with Crippen LogP contribution in [-0.4, -0.2) is 25.2 Å². The molecule has 1 saturated heterocycles. The number of cyclic esters (lactones) is 1. The number of benzene rings is 3. The van der Waals surface area contributed by atoms with E-state index in [0.29, 0.717) is 30.9 Å².